The highest BCUT2D eigenvalue weighted by atomic mass is 79.9. The topological polar surface area (TPSA) is 9.23 Å². The number of hydrogen-bond donors (Lipinski definition) is 0. The number of terminal acetylenes is 1. The van der Waals surface area contributed by atoms with Gasteiger partial charge in [0.15, 0.2) is 0 Å². The number of ether oxygens (including phenoxy) is 1. The third kappa shape index (κ3) is 6.04. The van der Waals surface area contributed by atoms with E-state index in [9.17, 15) is 0 Å². The highest BCUT2D eigenvalue weighted by Crippen LogP contribution is 2.33. The zero-order valence-corrected chi connectivity index (χ0v) is 14.9. The van der Waals surface area contributed by atoms with Gasteiger partial charge >= 0.3 is 0 Å². The fraction of sp³-hybridized carbons (Fsp3) is 0.600. The highest BCUT2D eigenvalue weighted by Gasteiger charge is 2.34. The maximum Gasteiger partial charge on any atom is 0.0778 e. The Morgan fingerprint density at radius 3 is 2.84 bits per heavy atom. The summed E-state index contributed by atoms with van der Waals surface area (Å²) in [7, 11) is 0. The van der Waals surface area contributed by atoms with E-state index in [-0.39, 0.29) is 17.6 Å². The van der Waals surface area contributed by atoms with Gasteiger partial charge in [0.25, 0.3) is 0 Å². The SMILES string of the molecule is C#C/C=C\C[C@H]1O[C@H](C/C=C(/Br)CC)[C@@H](Br)C[C@@H]1Cl. The lowest BCUT2D eigenvalue weighted by Crippen LogP contribution is -2.42. The van der Waals surface area contributed by atoms with Crippen molar-refractivity contribution in [3.05, 3.63) is 22.7 Å². The molecule has 4 heteroatoms. The van der Waals surface area contributed by atoms with E-state index in [4.69, 9.17) is 22.8 Å². The number of rotatable bonds is 5. The fourth-order valence-electron chi connectivity index (χ4n) is 1.98. The van der Waals surface area contributed by atoms with Gasteiger partial charge in [0.2, 0.25) is 0 Å². The first-order valence-electron chi connectivity index (χ1n) is 6.47. The second kappa shape index (κ2) is 9.23. The number of halogens is 3. The molecule has 1 nitrogen and oxygen atoms in total. The van der Waals surface area contributed by atoms with Crippen LogP contribution >= 0.6 is 43.5 Å². The van der Waals surface area contributed by atoms with Crippen molar-refractivity contribution in [2.45, 2.75) is 55.0 Å². The Hall–Kier alpha value is 0.250. The van der Waals surface area contributed by atoms with E-state index < -0.39 is 0 Å². The van der Waals surface area contributed by atoms with Gasteiger partial charge in [0.05, 0.1) is 17.6 Å². The Bertz CT molecular complexity index is 373. The minimum absolute atomic E-state index is 0.0293. The lowest BCUT2D eigenvalue weighted by Gasteiger charge is -2.36. The molecule has 106 valence electrons. The normalized spacial score (nSPS) is 32.5. The zero-order valence-electron chi connectivity index (χ0n) is 11.0. The molecule has 1 rings (SSSR count). The second-order valence-corrected chi connectivity index (χ2v) is 7.28. The maximum absolute atomic E-state index is 6.35. The van der Waals surface area contributed by atoms with E-state index >= 15 is 0 Å². The highest BCUT2D eigenvalue weighted by molar-refractivity contribution is 9.11. The molecule has 1 aliphatic rings. The average molecular weight is 411 g/mol. The third-order valence-corrected chi connectivity index (χ3v) is 5.41. The fourth-order valence-corrected chi connectivity index (χ4v) is 3.48. The molecule has 0 unspecified atom stereocenters. The Kier molecular flexibility index (Phi) is 8.41. The standard InChI is InChI=1S/C15H19Br2ClO/c1-3-5-6-7-15-13(18)10-12(17)14(19-15)9-8-11(16)4-2/h1,5-6,8,12-15H,4,7,9-10H2,2H3/b6-5-,11-8+/t12-,13-,14+,15+/m0/s1. The summed E-state index contributed by atoms with van der Waals surface area (Å²) < 4.78 is 7.30. The summed E-state index contributed by atoms with van der Waals surface area (Å²) in [6.07, 6.45) is 14.8. The van der Waals surface area contributed by atoms with Gasteiger partial charge in [-0.05, 0) is 36.2 Å². The first-order valence-corrected chi connectivity index (χ1v) is 8.62. The Morgan fingerprint density at radius 2 is 2.21 bits per heavy atom. The van der Waals surface area contributed by atoms with E-state index in [2.05, 4.69) is 50.8 Å². The van der Waals surface area contributed by atoms with Gasteiger partial charge in [-0.2, -0.15) is 0 Å². The average Bonchev–Trinajstić information content (AvgIpc) is 2.39. The van der Waals surface area contributed by atoms with E-state index in [0.717, 1.165) is 25.7 Å². The Labute approximate surface area is 138 Å². The minimum Gasteiger partial charge on any atom is -0.372 e. The molecule has 0 bridgehead atoms. The van der Waals surface area contributed by atoms with Crippen LogP contribution in [0.1, 0.15) is 32.6 Å². The van der Waals surface area contributed by atoms with Gasteiger partial charge in [-0.1, -0.05) is 56.9 Å². The van der Waals surface area contributed by atoms with E-state index in [1.165, 1.54) is 4.48 Å². The van der Waals surface area contributed by atoms with Crippen molar-refractivity contribution in [3.8, 4) is 12.3 Å². The molecule has 0 saturated carbocycles. The van der Waals surface area contributed by atoms with Gasteiger partial charge in [0.1, 0.15) is 0 Å². The largest absolute Gasteiger partial charge is 0.372 e. The summed E-state index contributed by atoms with van der Waals surface area (Å²) in [5.74, 6) is 2.49. The molecule has 0 aliphatic carbocycles. The molecule has 0 N–H and O–H groups in total. The molecule has 0 radical (unpaired) electrons. The molecule has 0 aromatic carbocycles. The minimum atomic E-state index is 0.0293. The molecule has 1 aliphatic heterocycles. The number of allylic oxidation sites excluding steroid dienone is 2. The summed E-state index contributed by atoms with van der Waals surface area (Å²) in [6.45, 7) is 2.12. The van der Waals surface area contributed by atoms with Gasteiger partial charge in [0, 0.05) is 4.83 Å². The lowest BCUT2D eigenvalue weighted by atomic mass is 9.99. The monoisotopic (exact) mass is 408 g/mol. The molecule has 0 aromatic heterocycles. The van der Waals surface area contributed by atoms with E-state index in [0.29, 0.717) is 4.83 Å². The molecule has 0 spiro atoms. The summed E-state index contributed by atoms with van der Waals surface area (Å²) in [4.78, 5) is 0.302. The zero-order chi connectivity index (χ0) is 14.3. The number of hydrogen-bond acceptors (Lipinski definition) is 1. The van der Waals surface area contributed by atoms with Crippen molar-refractivity contribution in [2.75, 3.05) is 0 Å². The van der Waals surface area contributed by atoms with Crippen molar-refractivity contribution in [2.24, 2.45) is 0 Å². The maximum atomic E-state index is 6.35. The van der Waals surface area contributed by atoms with Crippen LogP contribution in [0.4, 0.5) is 0 Å². The van der Waals surface area contributed by atoms with Gasteiger partial charge < -0.3 is 4.74 Å². The molecule has 4 atom stereocenters. The lowest BCUT2D eigenvalue weighted by molar-refractivity contribution is -0.0370. The van der Waals surface area contributed by atoms with Crippen molar-refractivity contribution in [1.29, 1.82) is 0 Å². The Balaban J connectivity index is 2.57. The summed E-state index contributed by atoms with van der Waals surface area (Å²) in [5, 5.41) is 0.0293. The molecule has 0 aromatic rings. The molecule has 0 amide bonds. The quantitative estimate of drug-likeness (QED) is 0.449. The van der Waals surface area contributed by atoms with Gasteiger partial charge in [-0.25, -0.2) is 0 Å². The van der Waals surface area contributed by atoms with Crippen LogP contribution in [0.25, 0.3) is 0 Å². The van der Waals surface area contributed by atoms with Crippen molar-refractivity contribution >= 4 is 43.5 Å². The Morgan fingerprint density at radius 1 is 1.47 bits per heavy atom. The van der Waals surface area contributed by atoms with E-state index in [1.807, 2.05) is 6.08 Å². The van der Waals surface area contributed by atoms with E-state index in [1.54, 1.807) is 6.08 Å². The first kappa shape index (κ1) is 17.3. The molecule has 1 saturated heterocycles. The van der Waals surface area contributed by atoms with Crippen LogP contribution in [0.2, 0.25) is 0 Å². The summed E-state index contributed by atoms with van der Waals surface area (Å²) >= 11 is 13.6. The first-order chi connectivity index (χ1) is 9.08. The molecule has 1 heterocycles. The molecule has 19 heavy (non-hydrogen) atoms. The van der Waals surface area contributed by atoms with Crippen LogP contribution in [0, 0.1) is 12.3 Å². The van der Waals surface area contributed by atoms with Crippen LogP contribution in [0.5, 0.6) is 0 Å². The molecular formula is C15H19Br2ClO. The molecular weight excluding hydrogens is 391 g/mol. The second-order valence-electron chi connectivity index (χ2n) is 4.53. The van der Waals surface area contributed by atoms with Crippen molar-refractivity contribution < 1.29 is 4.74 Å². The van der Waals surface area contributed by atoms with Gasteiger partial charge in [-0.3, -0.25) is 0 Å². The molecule has 1 fully saturated rings. The van der Waals surface area contributed by atoms with Crippen LogP contribution in [-0.2, 0) is 4.74 Å². The van der Waals surface area contributed by atoms with Crippen LogP contribution in [0.15, 0.2) is 22.7 Å². The van der Waals surface area contributed by atoms with Crippen LogP contribution in [0.3, 0.4) is 0 Å². The number of alkyl halides is 2. The predicted octanol–water partition coefficient (Wildman–Crippen LogP) is 5.17. The van der Waals surface area contributed by atoms with Crippen molar-refractivity contribution in [1.82, 2.24) is 0 Å². The van der Waals surface area contributed by atoms with Crippen LogP contribution < -0.4 is 0 Å². The van der Waals surface area contributed by atoms with Crippen LogP contribution in [-0.4, -0.2) is 22.4 Å². The smallest absolute Gasteiger partial charge is 0.0778 e. The summed E-state index contributed by atoms with van der Waals surface area (Å²) in [6, 6.07) is 0. The summed E-state index contributed by atoms with van der Waals surface area (Å²) in [5.41, 5.74) is 0. The van der Waals surface area contributed by atoms with Gasteiger partial charge in [-0.15, -0.1) is 18.0 Å². The third-order valence-electron chi connectivity index (χ3n) is 3.10. The van der Waals surface area contributed by atoms with Crippen molar-refractivity contribution in [3.63, 3.8) is 0 Å². The predicted molar refractivity (Wildman–Crippen MR) is 90.1 cm³/mol.